The molecule has 3 aromatic rings. The minimum absolute atomic E-state index is 0.180. The van der Waals surface area contributed by atoms with Gasteiger partial charge in [0.25, 0.3) is 5.91 Å². The summed E-state index contributed by atoms with van der Waals surface area (Å²) in [6, 6.07) is 15.3. The number of nitrogens with one attached hydrogen (secondary N) is 1. The zero-order valence-electron chi connectivity index (χ0n) is 15.3. The molecule has 5 nitrogen and oxygen atoms in total. The van der Waals surface area contributed by atoms with Crippen LogP contribution in [0.1, 0.15) is 22.2 Å². The van der Waals surface area contributed by atoms with E-state index < -0.39 is 12.1 Å². The second kappa shape index (κ2) is 8.91. The molecular weight excluding hydrogens is 398 g/mol. The van der Waals surface area contributed by atoms with E-state index in [-0.39, 0.29) is 5.91 Å². The molecule has 0 aliphatic carbocycles. The third kappa shape index (κ3) is 5.12. The van der Waals surface area contributed by atoms with Gasteiger partial charge in [0.15, 0.2) is 6.10 Å². The summed E-state index contributed by atoms with van der Waals surface area (Å²) in [6.07, 6.45) is -0.793. The maximum atomic E-state index is 12.3. The number of benzene rings is 2. The molecule has 0 aliphatic heterocycles. The van der Waals surface area contributed by atoms with Crippen LogP contribution in [0.5, 0.6) is 11.5 Å². The fourth-order valence-electron chi connectivity index (χ4n) is 2.39. The van der Waals surface area contributed by atoms with Gasteiger partial charge in [-0.1, -0.05) is 17.7 Å². The van der Waals surface area contributed by atoms with Gasteiger partial charge in [0.2, 0.25) is 0 Å². The minimum atomic E-state index is -0.793. The van der Waals surface area contributed by atoms with Gasteiger partial charge in [-0.15, -0.1) is 11.3 Å². The highest BCUT2D eigenvalue weighted by molar-refractivity contribution is 7.12. The molecular formula is C21H18ClNO4S. The van der Waals surface area contributed by atoms with Crippen molar-refractivity contribution in [3.63, 3.8) is 0 Å². The molecule has 0 bridgehead atoms. The molecule has 144 valence electrons. The van der Waals surface area contributed by atoms with E-state index in [1.165, 1.54) is 11.3 Å². The van der Waals surface area contributed by atoms with Crippen molar-refractivity contribution in [2.45, 2.75) is 20.0 Å². The molecule has 28 heavy (non-hydrogen) atoms. The summed E-state index contributed by atoms with van der Waals surface area (Å²) < 4.78 is 11.0. The number of carbonyl (C=O) groups is 2. The third-order valence-corrected chi connectivity index (χ3v) is 4.95. The summed E-state index contributed by atoms with van der Waals surface area (Å²) in [4.78, 5) is 24.9. The van der Waals surface area contributed by atoms with Crippen LogP contribution in [0.2, 0.25) is 5.02 Å². The maximum Gasteiger partial charge on any atom is 0.352 e. The molecule has 1 heterocycles. The number of esters is 1. The van der Waals surface area contributed by atoms with Gasteiger partial charge >= 0.3 is 5.97 Å². The number of halogens is 1. The van der Waals surface area contributed by atoms with Gasteiger partial charge in [-0.2, -0.15) is 0 Å². The van der Waals surface area contributed by atoms with Crippen LogP contribution >= 0.6 is 22.9 Å². The quantitative estimate of drug-likeness (QED) is 0.436. The van der Waals surface area contributed by atoms with Crippen LogP contribution < -0.4 is 14.8 Å². The van der Waals surface area contributed by atoms with Crippen molar-refractivity contribution in [2.24, 2.45) is 0 Å². The molecule has 2 aromatic carbocycles. The molecule has 0 radical (unpaired) electrons. The number of thiophene rings is 1. The van der Waals surface area contributed by atoms with Gasteiger partial charge in [-0.05, 0) is 73.3 Å². The standard InChI is InChI=1S/C21H18ClNO4S/c1-13-12-15(22)5-10-18(13)26-14(2)21(25)27-17-8-6-16(7-9-17)23-20(24)19-4-3-11-28-19/h3-12,14H,1-2H3,(H,23,24). The van der Waals surface area contributed by atoms with Crippen LogP contribution in [0.4, 0.5) is 5.69 Å². The van der Waals surface area contributed by atoms with E-state index in [0.29, 0.717) is 27.1 Å². The van der Waals surface area contributed by atoms with Gasteiger partial charge in [0, 0.05) is 10.7 Å². The highest BCUT2D eigenvalue weighted by atomic mass is 35.5. The van der Waals surface area contributed by atoms with E-state index in [1.54, 1.807) is 55.5 Å². The zero-order chi connectivity index (χ0) is 20.1. The van der Waals surface area contributed by atoms with Crippen LogP contribution in [-0.2, 0) is 4.79 Å². The van der Waals surface area contributed by atoms with Crippen LogP contribution in [0.3, 0.4) is 0 Å². The summed E-state index contributed by atoms with van der Waals surface area (Å²) >= 11 is 7.29. The fourth-order valence-corrected chi connectivity index (χ4v) is 3.24. The Labute approximate surface area is 171 Å². The Hall–Kier alpha value is -2.83. The molecule has 1 amide bonds. The topological polar surface area (TPSA) is 64.6 Å². The summed E-state index contributed by atoms with van der Waals surface area (Å²) in [5, 5.41) is 5.23. The first kappa shape index (κ1) is 19.9. The Balaban J connectivity index is 1.57. The van der Waals surface area contributed by atoms with Crippen molar-refractivity contribution >= 4 is 40.5 Å². The van der Waals surface area contributed by atoms with Crippen LogP contribution in [0.15, 0.2) is 60.0 Å². The van der Waals surface area contributed by atoms with Crippen LogP contribution in [0.25, 0.3) is 0 Å². The van der Waals surface area contributed by atoms with Crippen molar-refractivity contribution in [3.8, 4) is 11.5 Å². The number of aryl methyl sites for hydroxylation is 1. The van der Waals surface area contributed by atoms with Crippen molar-refractivity contribution in [1.82, 2.24) is 0 Å². The lowest BCUT2D eigenvalue weighted by molar-refractivity contribution is -0.141. The molecule has 1 atom stereocenters. The first-order valence-electron chi connectivity index (χ1n) is 8.52. The lowest BCUT2D eigenvalue weighted by Gasteiger charge is -2.15. The summed E-state index contributed by atoms with van der Waals surface area (Å²) in [5.74, 6) is 0.229. The average molecular weight is 416 g/mol. The number of carbonyl (C=O) groups excluding carboxylic acids is 2. The predicted molar refractivity (Wildman–Crippen MR) is 111 cm³/mol. The number of ether oxygens (including phenoxy) is 2. The first-order chi connectivity index (χ1) is 13.4. The van der Waals surface area contributed by atoms with Crippen molar-refractivity contribution in [1.29, 1.82) is 0 Å². The van der Waals surface area contributed by atoms with Crippen molar-refractivity contribution in [3.05, 3.63) is 75.4 Å². The Morgan fingerprint density at radius 1 is 1.11 bits per heavy atom. The van der Waals surface area contributed by atoms with E-state index in [1.807, 2.05) is 18.4 Å². The Morgan fingerprint density at radius 3 is 2.50 bits per heavy atom. The molecule has 1 N–H and O–H groups in total. The van der Waals surface area contributed by atoms with E-state index in [2.05, 4.69) is 5.32 Å². The molecule has 0 aliphatic rings. The molecule has 7 heteroatoms. The lowest BCUT2D eigenvalue weighted by Crippen LogP contribution is -2.28. The van der Waals surface area contributed by atoms with E-state index >= 15 is 0 Å². The fraction of sp³-hybridized carbons (Fsp3) is 0.143. The molecule has 3 rings (SSSR count). The minimum Gasteiger partial charge on any atom is -0.479 e. The van der Waals surface area contributed by atoms with Gasteiger partial charge in [0.05, 0.1) is 4.88 Å². The Kier molecular flexibility index (Phi) is 6.34. The number of rotatable bonds is 6. The monoisotopic (exact) mass is 415 g/mol. The first-order valence-corrected chi connectivity index (χ1v) is 9.77. The molecule has 0 fully saturated rings. The molecule has 0 spiro atoms. The molecule has 0 saturated carbocycles. The average Bonchev–Trinajstić information content (AvgIpc) is 3.20. The van der Waals surface area contributed by atoms with Gasteiger partial charge in [-0.25, -0.2) is 4.79 Å². The largest absolute Gasteiger partial charge is 0.479 e. The number of anilines is 1. The van der Waals surface area contributed by atoms with Crippen LogP contribution in [-0.4, -0.2) is 18.0 Å². The maximum absolute atomic E-state index is 12.3. The molecule has 0 saturated heterocycles. The van der Waals surface area contributed by atoms with E-state index in [9.17, 15) is 9.59 Å². The highest BCUT2D eigenvalue weighted by Gasteiger charge is 2.18. The second-order valence-electron chi connectivity index (χ2n) is 6.05. The smallest absolute Gasteiger partial charge is 0.352 e. The van der Waals surface area contributed by atoms with Crippen LogP contribution in [0, 0.1) is 6.92 Å². The van der Waals surface area contributed by atoms with Gasteiger partial charge < -0.3 is 14.8 Å². The number of amides is 1. The lowest BCUT2D eigenvalue weighted by atomic mass is 10.2. The summed E-state index contributed by atoms with van der Waals surface area (Å²) in [6.45, 7) is 3.47. The third-order valence-electron chi connectivity index (χ3n) is 3.85. The van der Waals surface area contributed by atoms with Crippen molar-refractivity contribution < 1.29 is 19.1 Å². The second-order valence-corrected chi connectivity index (χ2v) is 7.43. The normalized spacial score (nSPS) is 11.5. The summed E-state index contributed by atoms with van der Waals surface area (Å²) in [5.41, 5.74) is 1.44. The Bertz CT molecular complexity index is 971. The van der Waals surface area contributed by atoms with E-state index in [0.717, 1.165) is 5.56 Å². The number of hydrogen-bond acceptors (Lipinski definition) is 5. The highest BCUT2D eigenvalue weighted by Crippen LogP contribution is 2.23. The SMILES string of the molecule is Cc1cc(Cl)ccc1OC(C)C(=O)Oc1ccc(NC(=O)c2cccs2)cc1. The van der Waals surface area contributed by atoms with Crippen molar-refractivity contribution in [2.75, 3.05) is 5.32 Å². The predicted octanol–water partition coefficient (Wildman–Crippen LogP) is 5.34. The molecule has 1 aromatic heterocycles. The summed E-state index contributed by atoms with van der Waals surface area (Å²) in [7, 11) is 0. The van der Waals surface area contributed by atoms with Gasteiger partial charge in [0.1, 0.15) is 11.5 Å². The van der Waals surface area contributed by atoms with Gasteiger partial charge in [-0.3, -0.25) is 4.79 Å². The zero-order valence-corrected chi connectivity index (χ0v) is 16.8. The Morgan fingerprint density at radius 2 is 1.86 bits per heavy atom. The number of hydrogen-bond donors (Lipinski definition) is 1. The van der Waals surface area contributed by atoms with E-state index in [4.69, 9.17) is 21.1 Å². The molecule has 1 unspecified atom stereocenters.